The number of piperazine rings is 1. The molecule has 1 aliphatic rings. The van der Waals surface area contributed by atoms with Gasteiger partial charge >= 0.3 is 0 Å². The summed E-state index contributed by atoms with van der Waals surface area (Å²) in [6, 6.07) is 0.523. The van der Waals surface area contributed by atoms with Gasteiger partial charge in [0.25, 0.3) is 0 Å². The number of likely N-dealkylation sites (N-methyl/N-ethyl adjacent to an activating group) is 2. The van der Waals surface area contributed by atoms with Crippen molar-refractivity contribution in [2.75, 3.05) is 80.8 Å². The highest BCUT2D eigenvalue weighted by Crippen LogP contribution is 2.04. The number of guanidine groups is 1. The highest BCUT2D eigenvalue weighted by molar-refractivity contribution is 14.0. The number of methoxy groups -OCH3 is 1. The van der Waals surface area contributed by atoms with Crippen LogP contribution in [0.5, 0.6) is 0 Å². The van der Waals surface area contributed by atoms with E-state index in [9.17, 15) is 0 Å². The van der Waals surface area contributed by atoms with E-state index in [1.165, 1.54) is 0 Å². The fourth-order valence-corrected chi connectivity index (χ4v) is 2.38. The predicted octanol–water partition coefficient (Wildman–Crippen LogP) is 0.0683. The van der Waals surface area contributed by atoms with E-state index < -0.39 is 0 Å². The van der Waals surface area contributed by atoms with Crippen LogP contribution in [0.4, 0.5) is 0 Å². The summed E-state index contributed by atoms with van der Waals surface area (Å²) >= 11 is 0. The molecule has 1 rings (SSSR count). The Balaban J connectivity index is 0.00000484. The van der Waals surface area contributed by atoms with Crippen LogP contribution in [0.15, 0.2) is 4.99 Å². The Morgan fingerprint density at radius 1 is 1.17 bits per heavy atom. The number of hydrogen-bond donors (Lipinski definition) is 2. The lowest BCUT2D eigenvalue weighted by molar-refractivity contribution is 0.0698. The van der Waals surface area contributed by atoms with Crippen LogP contribution in [0.1, 0.15) is 6.42 Å². The second kappa shape index (κ2) is 14.2. The Morgan fingerprint density at radius 3 is 2.65 bits per heavy atom. The van der Waals surface area contributed by atoms with Crippen LogP contribution in [-0.2, 0) is 9.47 Å². The van der Waals surface area contributed by atoms with Crippen LogP contribution < -0.4 is 10.6 Å². The van der Waals surface area contributed by atoms with Crippen molar-refractivity contribution in [1.82, 2.24) is 20.4 Å². The Labute approximate surface area is 158 Å². The molecule has 8 heteroatoms. The molecule has 138 valence electrons. The first-order valence-corrected chi connectivity index (χ1v) is 8.07. The second-order valence-corrected chi connectivity index (χ2v) is 5.74. The van der Waals surface area contributed by atoms with Gasteiger partial charge < -0.3 is 25.0 Å². The monoisotopic (exact) mass is 443 g/mol. The van der Waals surface area contributed by atoms with Gasteiger partial charge in [-0.05, 0) is 20.5 Å². The van der Waals surface area contributed by atoms with Crippen molar-refractivity contribution in [2.24, 2.45) is 4.99 Å². The minimum absolute atomic E-state index is 0. The fourth-order valence-electron chi connectivity index (χ4n) is 2.38. The fraction of sp³-hybridized carbons (Fsp3) is 0.933. The number of nitrogens with zero attached hydrogens (tertiary/aromatic N) is 3. The topological polar surface area (TPSA) is 61.4 Å². The van der Waals surface area contributed by atoms with Gasteiger partial charge in [-0.25, -0.2) is 0 Å². The van der Waals surface area contributed by atoms with Crippen molar-refractivity contribution in [3.63, 3.8) is 0 Å². The van der Waals surface area contributed by atoms with Gasteiger partial charge in [-0.15, -0.1) is 24.0 Å². The van der Waals surface area contributed by atoms with Crippen molar-refractivity contribution in [2.45, 2.75) is 12.5 Å². The summed E-state index contributed by atoms with van der Waals surface area (Å²) in [5.41, 5.74) is 0. The quantitative estimate of drug-likeness (QED) is 0.228. The molecule has 0 bridgehead atoms. The summed E-state index contributed by atoms with van der Waals surface area (Å²) in [5.74, 6) is 0.860. The van der Waals surface area contributed by atoms with Gasteiger partial charge in [0.1, 0.15) is 0 Å². The molecule has 23 heavy (non-hydrogen) atoms. The number of halogens is 1. The number of nitrogens with one attached hydrogen (secondary N) is 2. The summed E-state index contributed by atoms with van der Waals surface area (Å²) in [4.78, 5) is 9.05. The Kier molecular flexibility index (Phi) is 14.1. The maximum absolute atomic E-state index is 5.43. The third-order valence-corrected chi connectivity index (χ3v) is 3.90. The molecule has 0 saturated carbocycles. The maximum atomic E-state index is 5.43. The number of aliphatic imine (C=N–C) groups is 1. The van der Waals surface area contributed by atoms with Crippen LogP contribution in [0.25, 0.3) is 0 Å². The van der Waals surface area contributed by atoms with E-state index in [1.807, 2.05) is 0 Å². The van der Waals surface area contributed by atoms with Crippen molar-refractivity contribution in [3.05, 3.63) is 0 Å². The molecule has 7 nitrogen and oxygen atoms in total. The van der Waals surface area contributed by atoms with E-state index in [-0.39, 0.29) is 24.0 Å². The van der Waals surface area contributed by atoms with Gasteiger partial charge in [-0.1, -0.05) is 0 Å². The average Bonchev–Trinajstić information content (AvgIpc) is 2.52. The molecular weight excluding hydrogens is 409 g/mol. The van der Waals surface area contributed by atoms with Gasteiger partial charge in [0, 0.05) is 59.5 Å². The zero-order valence-electron chi connectivity index (χ0n) is 15.0. The van der Waals surface area contributed by atoms with Gasteiger partial charge in [-0.2, -0.15) is 0 Å². The van der Waals surface area contributed by atoms with E-state index in [1.54, 1.807) is 14.2 Å². The maximum Gasteiger partial charge on any atom is 0.191 e. The molecule has 0 aliphatic carbocycles. The Morgan fingerprint density at radius 2 is 1.96 bits per heavy atom. The lowest BCUT2D eigenvalue weighted by Crippen LogP contribution is -2.55. The van der Waals surface area contributed by atoms with Gasteiger partial charge in [0.2, 0.25) is 0 Å². The van der Waals surface area contributed by atoms with Crippen LogP contribution in [0.3, 0.4) is 0 Å². The molecule has 0 aromatic rings. The predicted molar refractivity (Wildman–Crippen MR) is 106 cm³/mol. The van der Waals surface area contributed by atoms with E-state index in [0.29, 0.717) is 19.3 Å². The molecule has 1 saturated heterocycles. The Hall–Kier alpha value is -0.160. The summed E-state index contributed by atoms with van der Waals surface area (Å²) in [6.45, 7) is 7.16. The first-order valence-electron chi connectivity index (χ1n) is 8.07. The largest absolute Gasteiger partial charge is 0.382 e. The highest BCUT2D eigenvalue weighted by atomic mass is 127. The van der Waals surface area contributed by atoms with E-state index >= 15 is 0 Å². The van der Waals surface area contributed by atoms with Crippen LogP contribution in [0.2, 0.25) is 0 Å². The van der Waals surface area contributed by atoms with Gasteiger partial charge in [0.15, 0.2) is 5.96 Å². The van der Waals surface area contributed by atoms with E-state index in [0.717, 1.165) is 51.7 Å². The lowest BCUT2D eigenvalue weighted by atomic mass is 10.2. The first kappa shape index (κ1) is 22.8. The highest BCUT2D eigenvalue weighted by Gasteiger charge is 2.21. The standard InChI is InChI=1S/C15H33N5O2.HI/c1-16-15(17-6-5-9-22-11-10-21-4)18-12-14-13-19(2)7-8-20(14)3;/h14H,5-13H2,1-4H3,(H2,16,17,18);1H. The second-order valence-electron chi connectivity index (χ2n) is 5.74. The molecule has 1 fully saturated rings. The van der Waals surface area contributed by atoms with Crippen molar-refractivity contribution in [3.8, 4) is 0 Å². The molecule has 0 aromatic carbocycles. The van der Waals surface area contributed by atoms with Crippen molar-refractivity contribution in [1.29, 1.82) is 0 Å². The number of hydrogen-bond acceptors (Lipinski definition) is 5. The molecule has 1 heterocycles. The van der Waals surface area contributed by atoms with Crippen LogP contribution in [-0.4, -0.2) is 103 Å². The van der Waals surface area contributed by atoms with Crippen LogP contribution >= 0.6 is 24.0 Å². The van der Waals surface area contributed by atoms with Gasteiger partial charge in [0.05, 0.1) is 13.2 Å². The average molecular weight is 443 g/mol. The summed E-state index contributed by atoms with van der Waals surface area (Å²) in [7, 11) is 7.85. The SMILES string of the molecule is CN=C(NCCCOCCOC)NCC1CN(C)CCN1C.I. The van der Waals surface area contributed by atoms with Crippen molar-refractivity contribution < 1.29 is 9.47 Å². The molecular formula is C15H34IN5O2. The van der Waals surface area contributed by atoms with Crippen molar-refractivity contribution >= 4 is 29.9 Å². The zero-order chi connectivity index (χ0) is 16.2. The molecule has 2 N–H and O–H groups in total. The lowest BCUT2D eigenvalue weighted by Gasteiger charge is -2.37. The van der Waals surface area contributed by atoms with Gasteiger partial charge in [-0.3, -0.25) is 9.89 Å². The molecule has 0 aromatic heterocycles. The molecule has 0 amide bonds. The molecule has 0 radical (unpaired) electrons. The molecule has 1 unspecified atom stereocenters. The molecule has 1 atom stereocenters. The third-order valence-electron chi connectivity index (χ3n) is 3.90. The summed E-state index contributed by atoms with van der Waals surface area (Å²) < 4.78 is 10.4. The number of ether oxygens (including phenoxy) is 2. The minimum atomic E-state index is 0. The summed E-state index contributed by atoms with van der Waals surface area (Å²) in [6.07, 6.45) is 0.955. The molecule has 0 spiro atoms. The number of rotatable bonds is 9. The Bertz CT molecular complexity index is 320. The summed E-state index contributed by atoms with van der Waals surface area (Å²) in [5, 5.41) is 6.73. The van der Waals surface area contributed by atoms with E-state index in [4.69, 9.17) is 9.47 Å². The minimum Gasteiger partial charge on any atom is -0.382 e. The smallest absolute Gasteiger partial charge is 0.191 e. The van der Waals surface area contributed by atoms with E-state index in [2.05, 4.69) is 39.5 Å². The third kappa shape index (κ3) is 10.3. The molecule has 1 aliphatic heterocycles. The first-order chi connectivity index (χ1) is 10.7. The normalized spacial score (nSPS) is 20.2. The zero-order valence-corrected chi connectivity index (χ0v) is 17.3. The van der Waals surface area contributed by atoms with Crippen LogP contribution in [0, 0.1) is 0 Å².